The lowest BCUT2D eigenvalue weighted by atomic mass is 10.1. The second kappa shape index (κ2) is 8.30. The maximum atomic E-state index is 11.8. The molecule has 3 heterocycles. The maximum absolute atomic E-state index is 11.8. The standard InChI is InChI=1S/C24H25N7O/c1-31-13-6-5-10-18-22(26-14-15-8-3-2-4-9-15)27-23(28-24(18)31)20-16-11-7-12-17(21(25)32)19(16)29-30-20/h2-4,7-9,11-12H,5-6,10,13-14H2,1H3,(H2,25,32)(H,29,30)(H,26,27,28). The molecular weight excluding hydrogens is 402 g/mol. The highest BCUT2D eigenvalue weighted by atomic mass is 16.1. The van der Waals surface area contributed by atoms with Gasteiger partial charge < -0.3 is 16.0 Å². The number of para-hydroxylation sites is 1. The molecule has 0 radical (unpaired) electrons. The Bertz CT molecular complexity index is 1280. The Morgan fingerprint density at radius 3 is 2.78 bits per heavy atom. The number of nitrogens with two attached hydrogens (primary N) is 1. The number of primary amides is 1. The summed E-state index contributed by atoms with van der Waals surface area (Å²) >= 11 is 0. The average molecular weight is 428 g/mol. The maximum Gasteiger partial charge on any atom is 0.250 e. The molecule has 1 aliphatic heterocycles. The summed E-state index contributed by atoms with van der Waals surface area (Å²) in [6, 6.07) is 15.6. The van der Waals surface area contributed by atoms with Crippen molar-refractivity contribution in [2.24, 2.45) is 5.73 Å². The van der Waals surface area contributed by atoms with Gasteiger partial charge in [-0.15, -0.1) is 0 Å². The second-order valence-electron chi connectivity index (χ2n) is 8.08. The normalized spacial score (nSPS) is 13.6. The van der Waals surface area contributed by atoms with Crippen LogP contribution in [0.5, 0.6) is 0 Å². The summed E-state index contributed by atoms with van der Waals surface area (Å²) in [5.41, 5.74) is 9.45. The molecule has 0 fully saturated rings. The van der Waals surface area contributed by atoms with Crippen molar-refractivity contribution in [2.45, 2.75) is 25.8 Å². The van der Waals surface area contributed by atoms with Gasteiger partial charge in [0, 0.05) is 31.1 Å². The van der Waals surface area contributed by atoms with Crippen molar-refractivity contribution < 1.29 is 4.79 Å². The van der Waals surface area contributed by atoms with Crippen LogP contribution in [0, 0.1) is 0 Å². The van der Waals surface area contributed by atoms with E-state index in [0.717, 1.165) is 48.4 Å². The molecule has 2 aromatic carbocycles. The summed E-state index contributed by atoms with van der Waals surface area (Å²) in [5, 5.41) is 11.7. The van der Waals surface area contributed by atoms with Crippen molar-refractivity contribution in [3.63, 3.8) is 0 Å². The first kappa shape index (κ1) is 20.0. The minimum atomic E-state index is -0.501. The van der Waals surface area contributed by atoms with Crippen LogP contribution >= 0.6 is 0 Å². The molecule has 1 aliphatic rings. The van der Waals surface area contributed by atoms with Gasteiger partial charge in [0.25, 0.3) is 5.91 Å². The van der Waals surface area contributed by atoms with E-state index in [9.17, 15) is 4.79 Å². The highest BCUT2D eigenvalue weighted by molar-refractivity contribution is 6.07. The summed E-state index contributed by atoms with van der Waals surface area (Å²) in [6.45, 7) is 1.61. The lowest BCUT2D eigenvalue weighted by Crippen LogP contribution is -2.20. The van der Waals surface area contributed by atoms with E-state index in [1.807, 2.05) is 24.3 Å². The van der Waals surface area contributed by atoms with E-state index in [1.54, 1.807) is 12.1 Å². The predicted molar refractivity (Wildman–Crippen MR) is 126 cm³/mol. The van der Waals surface area contributed by atoms with Crippen molar-refractivity contribution in [3.05, 3.63) is 65.2 Å². The number of H-pyrrole nitrogens is 1. The second-order valence-corrected chi connectivity index (χ2v) is 8.08. The summed E-state index contributed by atoms with van der Waals surface area (Å²) in [7, 11) is 2.07. The first-order chi connectivity index (χ1) is 15.6. The first-order valence-electron chi connectivity index (χ1n) is 10.8. The van der Waals surface area contributed by atoms with Crippen LogP contribution < -0.4 is 16.0 Å². The summed E-state index contributed by atoms with van der Waals surface area (Å²) < 4.78 is 0. The van der Waals surface area contributed by atoms with Gasteiger partial charge in [0.05, 0.1) is 11.1 Å². The third kappa shape index (κ3) is 3.64. The SMILES string of the molecule is CN1CCCCc2c(NCc3ccccc3)nc(-c3n[nH]c4c(C(N)=O)cccc34)nc21. The number of amides is 1. The van der Waals surface area contributed by atoms with E-state index in [4.69, 9.17) is 15.7 Å². The first-order valence-corrected chi connectivity index (χ1v) is 10.8. The fourth-order valence-corrected chi connectivity index (χ4v) is 4.23. The molecule has 8 nitrogen and oxygen atoms in total. The molecule has 32 heavy (non-hydrogen) atoms. The summed E-state index contributed by atoms with van der Waals surface area (Å²) in [5.74, 6) is 1.76. The topological polar surface area (TPSA) is 113 Å². The molecule has 0 unspecified atom stereocenters. The number of carbonyl (C=O) groups excluding carboxylic acids is 1. The minimum Gasteiger partial charge on any atom is -0.366 e. The van der Waals surface area contributed by atoms with Gasteiger partial charge in [-0.2, -0.15) is 5.10 Å². The molecule has 0 atom stereocenters. The smallest absolute Gasteiger partial charge is 0.250 e. The number of carbonyl (C=O) groups is 1. The van der Waals surface area contributed by atoms with E-state index in [0.29, 0.717) is 29.1 Å². The largest absolute Gasteiger partial charge is 0.366 e. The van der Waals surface area contributed by atoms with Crippen molar-refractivity contribution in [1.29, 1.82) is 0 Å². The average Bonchev–Trinajstić information content (AvgIpc) is 3.16. The van der Waals surface area contributed by atoms with E-state index < -0.39 is 5.91 Å². The molecule has 1 amide bonds. The highest BCUT2D eigenvalue weighted by Gasteiger charge is 2.23. The monoisotopic (exact) mass is 427 g/mol. The van der Waals surface area contributed by atoms with Crippen LogP contribution in [0.4, 0.5) is 11.6 Å². The zero-order valence-corrected chi connectivity index (χ0v) is 17.9. The number of fused-ring (bicyclic) bond motifs is 2. The Balaban J connectivity index is 1.62. The Morgan fingerprint density at radius 1 is 1.12 bits per heavy atom. The predicted octanol–water partition coefficient (Wildman–Crippen LogP) is 3.50. The number of hydrogen-bond donors (Lipinski definition) is 3. The lowest BCUT2D eigenvalue weighted by Gasteiger charge is -2.21. The molecule has 2 aromatic heterocycles. The van der Waals surface area contributed by atoms with Crippen molar-refractivity contribution >= 4 is 28.4 Å². The van der Waals surface area contributed by atoms with Gasteiger partial charge in [-0.1, -0.05) is 42.5 Å². The molecule has 4 N–H and O–H groups in total. The van der Waals surface area contributed by atoms with E-state index in [2.05, 4.69) is 39.6 Å². The van der Waals surface area contributed by atoms with Crippen molar-refractivity contribution in [1.82, 2.24) is 20.2 Å². The number of nitrogens with one attached hydrogen (secondary N) is 2. The number of aromatic nitrogens is 4. The molecule has 162 valence electrons. The van der Waals surface area contributed by atoms with Crippen LogP contribution in [0.25, 0.3) is 22.4 Å². The zero-order valence-electron chi connectivity index (χ0n) is 17.9. The third-order valence-corrected chi connectivity index (χ3v) is 5.90. The van der Waals surface area contributed by atoms with Crippen LogP contribution in [-0.2, 0) is 13.0 Å². The van der Waals surface area contributed by atoms with Gasteiger partial charge in [-0.05, 0) is 30.9 Å². The van der Waals surface area contributed by atoms with E-state index in [1.165, 1.54) is 5.56 Å². The highest BCUT2D eigenvalue weighted by Crippen LogP contribution is 2.33. The van der Waals surface area contributed by atoms with Gasteiger partial charge in [0.1, 0.15) is 17.3 Å². The molecule has 0 saturated carbocycles. The fourth-order valence-electron chi connectivity index (χ4n) is 4.23. The minimum absolute atomic E-state index is 0.399. The molecule has 0 saturated heterocycles. The number of rotatable bonds is 5. The quantitative estimate of drug-likeness (QED) is 0.449. The zero-order chi connectivity index (χ0) is 22.1. The molecule has 5 rings (SSSR count). The molecule has 8 heteroatoms. The molecule has 0 spiro atoms. The Kier molecular flexibility index (Phi) is 5.18. The Morgan fingerprint density at radius 2 is 1.97 bits per heavy atom. The van der Waals surface area contributed by atoms with Gasteiger partial charge in [0.15, 0.2) is 5.82 Å². The van der Waals surface area contributed by atoms with Crippen molar-refractivity contribution in [3.8, 4) is 11.5 Å². The lowest BCUT2D eigenvalue weighted by molar-refractivity contribution is 0.100. The number of benzene rings is 2. The molecule has 0 bridgehead atoms. The Hall–Kier alpha value is -3.94. The van der Waals surface area contributed by atoms with Gasteiger partial charge >= 0.3 is 0 Å². The number of nitrogens with zero attached hydrogens (tertiary/aromatic N) is 4. The van der Waals surface area contributed by atoms with Crippen LogP contribution in [0.1, 0.15) is 34.3 Å². The number of anilines is 2. The molecule has 4 aromatic rings. The summed E-state index contributed by atoms with van der Waals surface area (Å²) in [4.78, 5) is 23.8. The van der Waals surface area contributed by atoms with Crippen LogP contribution in [0.3, 0.4) is 0 Å². The van der Waals surface area contributed by atoms with Gasteiger partial charge in [-0.3, -0.25) is 9.89 Å². The van der Waals surface area contributed by atoms with Crippen molar-refractivity contribution in [2.75, 3.05) is 23.8 Å². The molecular formula is C24H25N7O. The molecule has 0 aliphatic carbocycles. The van der Waals surface area contributed by atoms with E-state index in [-0.39, 0.29) is 0 Å². The number of hydrogen-bond acceptors (Lipinski definition) is 6. The van der Waals surface area contributed by atoms with E-state index >= 15 is 0 Å². The number of aromatic amines is 1. The van der Waals surface area contributed by atoms with Crippen LogP contribution in [0.15, 0.2) is 48.5 Å². The van der Waals surface area contributed by atoms with Gasteiger partial charge in [0.2, 0.25) is 0 Å². The third-order valence-electron chi connectivity index (χ3n) is 5.90. The van der Waals surface area contributed by atoms with Crippen LogP contribution in [0.2, 0.25) is 0 Å². The fraction of sp³-hybridized carbons (Fsp3) is 0.250. The van der Waals surface area contributed by atoms with Gasteiger partial charge in [-0.25, -0.2) is 9.97 Å². The summed E-state index contributed by atoms with van der Waals surface area (Å²) in [6.07, 6.45) is 3.12. The van der Waals surface area contributed by atoms with Crippen LogP contribution in [-0.4, -0.2) is 39.7 Å². The Labute approximate surface area is 185 Å².